The first-order valence-corrected chi connectivity index (χ1v) is 7.81. The molecule has 0 bridgehead atoms. The van der Waals surface area contributed by atoms with Gasteiger partial charge in [-0.15, -0.1) is 0 Å². The molecule has 4 nitrogen and oxygen atoms in total. The van der Waals surface area contributed by atoms with Crippen LogP contribution in [-0.2, 0) is 4.74 Å². The Morgan fingerprint density at radius 1 is 1.52 bits per heavy atom. The standard InChI is InChI=1S/C16H26FN3O/c1-3-20(11-14-5-4-8-21-14)10-12(2)16(18)15-7-6-13(17)9-19-15/h6-7,9,12,14,16H,3-5,8,10-11,18H2,1-2H3. The Morgan fingerprint density at radius 3 is 2.90 bits per heavy atom. The fraction of sp³-hybridized carbons (Fsp3) is 0.688. The molecule has 3 unspecified atom stereocenters. The van der Waals surface area contributed by atoms with Crippen molar-refractivity contribution in [3.63, 3.8) is 0 Å². The lowest BCUT2D eigenvalue weighted by molar-refractivity contribution is 0.0687. The minimum absolute atomic E-state index is 0.177. The lowest BCUT2D eigenvalue weighted by Crippen LogP contribution is -2.38. The summed E-state index contributed by atoms with van der Waals surface area (Å²) < 4.78 is 18.6. The van der Waals surface area contributed by atoms with Gasteiger partial charge in [0.2, 0.25) is 0 Å². The number of nitrogens with zero attached hydrogens (tertiary/aromatic N) is 2. The van der Waals surface area contributed by atoms with E-state index in [-0.39, 0.29) is 17.8 Å². The predicted molar refractivity (Wildman–Crippen MR) is 81.4 cm³/mol. The molecule has 1 saturated heterocycles. The molecule has 1 fully saturated rings. The lowest BCUT2D eigenvalue weighted by Gasteiger charge is -2.29. The number of pyridine rings is 1. The van der Waals surface area contributed by atoms with E-state index < -0.39 is 0 Å². The van der Waals surface area contributed by atoms with Crippen molar-refractivity contribution in [2.75, 3.05) is 26.2 Å². The summed E-state index contributed by atoms with van der Waals surface area (Å²) in [6, 6.07) is 2.91. The SMILES string of the molecule is CCN(CC1CCCO1)CC(C)C(N)c1ccc(F)cn1. The van der Waals surface area contributed by atoms with Crippen molar-refractivity contribution < 1.29 is 9.13 Å². The maximum atomic E-state index is 12.9. The third kappa shape index (κ3) is 4.73. The van der Waals surface area contributed by atoms with E-state index in [1.54, 1.807) is 6.07 Å². The molecule has 3 atom stereocenters. The minimum Gasteiger partial charge on any atom is -0.377 e. The number of nitrogens with two attached hydrogens (primary N) is 1. The second kappa shape index (κ2) is 7.82. The molecule has 0 aromatic carbocycles. The Balaban J connectivity index is 1.88. The fourth-order valence-corrected chi connectivity index (χ4v) is 2.81. The normalized spacial score (nSPS) is 21.7. The molecule has 1 aromatic heterocycles. The quantitative estimate of drug-likeness (QED) is 0.839. The second-order valence-corrected chi connectivity index (χ2v) is 5.89. The van der Waals surface area contributed by atoms with Crippen LogP contribution in [0.5, 0.6) is 0 Å². The predicted octanol–water partition coefficient (Wildman–Crippen LogP) is 2.36. The largest absolute Gasteiger partial charge is 0.377 e. The smallest absolute Gasteiger partial charge is 0.141 e. The van der Waals surface area contributed by atoms with E-state index in [4.69, 9.17) is 10.5 Å². The van der Waals surface area contributed by atoms with Crippen molar-refractivity contribution in [1.29, 1.82) is 0 Å². The first kappa shape index (κ1) is 16.3. The van der Waals surface area contributed by atoms with Crippen molar-refractivity contribution in [1.82, 2.24) is 9.88 Å². The molecule has 1 aromatic rings. The van der Waals surface area contributed by atoms with Gasteiger partial charge in [0.25, 0.3) is 0 Å². The van der Waals surface area contributed by atoms with Crippen LogP contribution >= 0.6 is 0 Å². The number of hydrogen-bond acceptors (Lipinski definition) is 4. The fourth-order valence-electron chi connectivity index (χ4n) is 2.81. The third-order valence-corrected chi connectivity index (χ3v) is 4.18. The van der Waals surface area contributed by atoms with Crippen LogP contribution in [0.4, 0.5) is 4.39 Å². The lowest BCUT2D eigenvalue weighted by atomic mass is 9.98. The molecule has 0 spiro atoms. The van der Waals surface area contributed by atoms with Crippen LogP contribution in [0.1, 0.15) is 38.4 Å². The van der Waals surface area contributed by atoms with Crippen LogP contribution in [0.25, 0.3) is 0 Å². The summed E-state index contributed by atoms with van der Waals surface area (Å²) in [6.45, 7) is 8.00. The Kier molecular flexibility index (Phi) is 6.08. The van der Waals surface area contributed by atoms with E-state index in [2.05, 4.69) is 23.7 Å². The highest BCUT2D eigenvalue weighted by atomic mass is 19.1. The molecular formula is C16H26FN3O. The van der Waals surface area contributed by atoms with Gasteiger partial charge in [-0.3, -0.25) is 4.98 Å². The van der Waals surface area contributed by atoms with E-state index in [1.807, 2.05) is 0 Å². The van der Waals surface area contributed by atoms with Gasteiger partial charge in [0.15, 0.2) is 0 Å². The van der Waals surface area contributed by atoms with Crippen LogP contribution < -0.4 is 5.73 Å². The Bertz CT molecular complexity index is 420. The van der Waals surface area contributed by atoms with E-state index in [0.717, 1.165) is 44.8 Å². The topological polar surface area (TPSA) is 51.4 Å². The van der Waals surface area contributed by atoms with Gasteiger partial charge in [0.05, 0.1) is 24.0 Å². The average molecular weight is 295 g/mol. The molecule has 2 N–H and O–H groups in total. The molecule has 0 saturated carbocycles. The van der Waals surface area contributed by atoms with Gasteiger partial charge in [0, 0.05) is 19.7 Å². The van der Waals surface area contributed by atoms with Crippen molar-refractivity contribution in [2.24, 2.45) is 11.7 Å². The van der Waals surface area contributed by atoms with E-state index in [9.17, 15) is 4.39 Å². The highest BCUT2D eigenvalue weighted by molar-refractivity contribution is 5.10. The number of halogens is 1. The van der Waals surface area contributed by atoms with Gasteiger partial charge in [-0.05, 0) is 37.4 Å². The molecule has 1 aliphatic heterocycles. The van der Waals surface area contributed by atoms with E-state index in [0.29, 0.717) is 6.10 Å². The summed E-state index contributed by atoms with van der Waals surface area (Å²) >= 11 is 0. The van der Waals surface area contributed by atoms with Crippen LogP contribution in [-0.4, -0.2) is 42.2 Å². The van der Waals surface area contributed by atoms with Crippen molar-refractivity contribution in [2.45, 2.75) is 38.8 Å². The molecule has 5 heteroatoms. The maximum absolute atomic E-state index is 12.9. The van der Waals surface area contributed by atoms with Crippen molar-refractivity contribution in [3.05, 3.63) is 29.8 Å². The molecule has 1 aliphatic rings. The Labute approximate surface area is 126 Å². The maximum Gasteiger partial charge on any atom is 0.141 e. The number of likely N-dealkylation sites (N-methyl/N-ethyl adjacent to an activating group) is 1. The third-order valence-electron chi connectivity index (χ3n) is 4.18. The molecule has 0 aliphatic carbocycles. The van der Waals surface area contributed by atoms with Gasteiger partial charge in [-0.1, -0.05) is 13.8 Å². The molecule has 2 rings (SSSR count). The minimum atomic E-state index is -0.327. The highest BCUT2D eigenvalue weighted by Gasteiger charge is 2.22. The van der Waals surface area contributed by atoms with Crippen LogP contribution in [0.2, 0.25) is 0 Å². The molecule has 0 radical (unpaired) electrons. The van der Waals surface area contributed by atoms with Gasteiger partial charge < -0.3 is 15.4 Å². The zero-order valence-electron chi connectivity index (χ0n) is 13.0. The number of ether oxygens (including phenoxy) is 1. The first-order valence-electron chi connectivity index (χ1n) is 7.81. The van der Waals surface area contributed by atoms with Gasteiger partial charge in [-0.25, -0.2) is 4.39 Å². The van der Waals surface area contributed by atoms with Gasteiger partial charge >= 0.3 is 0 Å². The monoisotopic (exact) mass is 295 g/mol. The summed E-state index contributed by atoms with van der Waals surface area (Å²) in [5, 5.41) is 0. The molecule has 0 amide bonds. The molecule has 21 heavy (non-hydrogen) atoms. The summed E-state index contributed by atoms with van der Waals surface area (Å²) in [7, 11) is 0. The first-order chi connectivity index (χ1) is 10.1. The Hall–Kier alpha value is -1.04. The highest BCUT2D eigenvalue weighted by Crippen LogP contribution is 2.20. The Morgan fingerprint density at radius 2 is 2.33 bits per heavy atom. The molecule has 118 valence electrons. The summed E-state index contributed by atoms with van der Waals surface area (Å²) in [5.41, 5.74) is 7.00. The summed E-state index contributed by atoms with van der Waals surface area (Å²) in [5.74, 6) is -0.0727. The van der Waals surface area contributed by atoms with Crippen molar-refractivity contribution >= 4 is 0 Å². The average Bonchev–Trinajstić information content (AvgIpc) is 2.99. The van der Waals surface area contributed by atoms with Crippen LogP contribution in [0.3, 0.4) is 0 Å². The van der Waals surface area contributed by atoms with Crippen molar-refractivity contribution in [3.8, 4) is 0 Å². The number of aromatic nitrogens is 1. The van der Waals surface area contributed by atoms with Gasteiger partial charge in [0.1, 0.15) is 5.82 Å². The summed E-state index contributed by atoms with van der Waals surface area (Å²) in [4.78, 5) is 6.47. The number of hydrogen-bond donors (Lipinski definition) is 1. The number of rotatable bonds is 7. The zero-order valence-corrected chi connectivity index (χ0v) is 13.0. The summed E-state index contributed by atoms with van der Waals surface area (Å²) in [6.07, 6.45) is 3.90. The molecule has 2 heterocycles. The van der Waals surface area contributed by atoms with E-state index in [1.165, 1.54) is 12.3 Å². The second-order valence-electron chi connectivity index (χ2n) is 5.89. The zero-order chi connectivity index (χ0) is 15.2. The van der Waals surface area contributed by atoms with Gasteiger partial charge in [-0.2, -0.15) is 0 Å². The van der Waals surface area contributed by atoms with Crippen LogP contribution in [0.15, 0.2) is 18.3 Å². The van der Waals surface area contributed by atoms with E-state index >= 15 is 0 Å². The molecular weight excluding hydrogens is 269 g/mol. The van der Waals surface area contributed by atoms with Crippen LogP contribution in [0, 0.1) is 11.7 Å².